The Morgan fingerprint density at radius 3 is 2.96 bits per heavy atom. The van der Waals surface area contributed by atoms with Crippen molar-refractivity contribution in [3.8, 4) is 0 Å². The van der Waals surface area contributed by atoms with Crippen molar-refractivity contribution in [2.24, 2.45) is 0 Å². The monoisotopic (exact) mass is 382 g/mol. The van der Waals surface area contributed by atoms with Gasteiger partial charge in [0.1, 0.15) is 0 Å². The van der Waals surface area contributed by atoms with E-state index < -0.39 is 0 Å². The molecular weight excluding hydrogens is 360 g/mol. The number of aromatic nitrogens is 2. The SMILES string of the molecule is O=C(CSc1nnc(NCCc2cccs2)s1)NC1CCCCC1. The third-order valence-electron chi connectivity index (χ3n) is 3.93. The fourth-order valence-electron chi connectivity index (χ4n) is 2.73. The molecule has 1 aliphatic carbocycles. The summed E-state index contributed by atoms with van der Waals surface area (Å²) >= 11 is 4.74. The summed E-state index contributed by atoms with van der Waals surface area (Å²) in [5, 5.41) is 17.6. The summed E-state index contributed by atoms with van der Waals surface area (Å²) in [6.07, 6.45) is 6.99. The van der Waals surface area contributed by atoms with Crippen LogP contribution in [0.1, 0.15) is 37.0 Å². The summed E-state index contributed by atoms with van der Waals surface area (Å²) in [5.74, 6) is 0.523. The Balaban J connectivity index is 1.35. The Hall–Kier alpha value is -1.12. The standard InChI is InChI=1S/C16H22N4OS3/c21-14(18-12-5-2-1-3-6-12)11-23-16-20-19-15(24-16)17-9-8-13-7-4-10-22-13/h4,7,10,12H,1-3,5-6,8-9,11H2,(H,17,19)(H,18,21). The Morgan fingerprint density at radius 2 is 2.17 bits per heavy atom. The van der Waals surface area contributed by atoms with E-state index in [0.29, 0.717) is 11.8 Å². The number of nitrogens with one attached hydrogen (secondary N) is 2. The molecule has 0 atom stereocenters. The average molecular weight is 383 g/mol. The molecule has 2 aromatic rings. The molecule has 2 aromatic heterocycles. The lowest BCUT2D eigenvalue weighted by atomic mass is 9.95. The van der Waals surface area contributed by atoms with Gasteiger partial charge in [0, 0.05) is 17.5 Å². The maximum absolute atomic E-state index is 12.0. The molecular formula is C16H22N4OS3. The van der Waals surface area contributed by atoms with Gasteiger partial charge in [0.05, 0.1) is 5.75 Å². The van der Waals surface area contributed by atoms with Crippen molar-refractivity contribution in [1.82, 2.24) is 15.5 Å². The summed E-state index contributed by atoms with van der Waals surface area (Å²) in [5.41, 5.74) is 0. The van der Waals surface area contributed by atoms with E-state index in [2.05, 4.69) is 38.3 Å². The lowest BCUT2D eigenvalue weighted by Gasteiger charge is -2.22. The lowest BCUT2D eigenvalue weighted by molar-refractivity contribution is -0.119. The molecule has 130 valence electrons. The normalized spacial score (nSPS) is 15.3. The molecule has 1 fully saturated rings. The highest BCUT2D eigenvalue weighted by Gasteiger charge is 2.16. The molecule has 0 bridgehead atoms. The molecule has 5 nitrogen and oxygen atoms in total. The van der Waals surface area contributed by atoms with Crippen molar-refractivity contribution >= 4 is 45.5 Å². The predicted octanol–water partition coefficient (Wildman–Crippen LogP) is 3.80. The predicted molar refractivity (Wildman–Crippen MR) is 102 cm³/mol. The van der Waals surface area contributed by atoms with Gasteiger partial charge >= 0.3 is 0 Å². The zero-order chi connectivity index (χ0) is 16.6. The van der Waals surface area contributed by atoms with Crippen LogP contribution in [-0.4, -0.2) is 34.4 Å². The molecule has 0 unspecified atom stereocenters. The zero-order valence-electron chi connectivity index (χ0n) is 13.5. The number of rotatable bonds is 8. The van der Waals surface area contributed by atoms with E-state index in [1.165, 1.54) is 47.2 Å². The van der Waals surface area contributed by atoms with Crippen LogP contribution < -0.4 is 10.6 Å². The average Bonchev–Trinajstić information content (AvgIpc) is 3.26. The molecule has 0 saturated heterocycles. The third-order valence-corrected chi connectivity index (χ3v) is 6.88. The van der Waals surface area contributed by atoms with E-state index in [-0.39, 0.29) is 5.91 Å². The van der Waals surface area contributed by atoms with E-state index in [1.807, 2.05) is 0 Å². The van der Waals surface area contributed by atoms with Crippen LogP contribution in [-0.2, 0) is 11.2 Å². The van der Waals surface area contributed by atoms with Gasteiger partial charge in [-0.05, 0) is 30.7 Å². The second-order valence-electron chi connectivity index (χ2n) is 5.82. The van der Waals surface area contributed by atoms with Crippen molar-refractivity contribution in [2.75, 3.05) is 17.6 Å². The number of thioether (sulfide) groups is 1. The smallest absolute Gasteiger partial charge is 0.230 e. The molecule has 0 spiro atoms. The number of anilines is 1. The number of amides is 1. The third kappa shape index (κ3) is 5.75. The largest absolute Gasteiger partial charge is 0.360 e. The van der Waals surface area contributed by atoms with E-state index in [0.717, 1.165) is 35.3 Å². The van der Waals surface area contributed by atoms with Crippen molar-refractivity contribution < 1.29 is 4.79 Å². The molecule has 8 heteroatoms. The topological polar surface area (TPSA) is 66.9 Å². The maximum Gasteiger partial charge on any atom is 0.230 e. The summed E-state index contributed by atoms with van der Waals surface area (Å²) in [4.78, 5) is 13.4. The molecule has 2 N–H and O–H groups in total. The Kier molecular flexibility index (Phi) is 6.92. The van der Waals surface area contributed by atoms with Gasteiger partial charge in [0.15, 0.2) is 4.34 Å². The summed E-state index contributed by atoms with van der Waals surface area (Å²) in [6, 6.07) is 4.58. The molecule has 0 aromatic carbocycles. The van der Waals surface area contributed by atoms with Crippen molar-refractivity contribution in [1.29, 1.82) is 0 Å². The first-order valence-electron chi connectivity index (χ1n) is 8.31. The Labute approximate surface area is 154 Å². The minimum absolute atomic E-state index is 0.106. The van der Waals surface area contributed by atoms with Crippen LogP contribution in [0, 0.1) is 0 Å². The second-order valence-corrected chi connectivity index (χ2v) is 9.05. The van der Waals surface area contributed by atoms with Gasteiger partial charge < -0.3 is 10.6 Å². The molecule has 1 aliphatic rings. The molecule has 3 rings (SSSR count). The number of hydrogen-bond acceptors (Lipinski definition) is 7. The fraction of sp³-hybridized carbons (Fsp3) is 0.562. The van der Waals surface area contributed by atoms with Crippen LogP contribution in [0.15, 0.2) is 21.9 Å². The lowest BCUT2D eigenvalue weighted by Crippen LogP contribution is -2.37. The molecule has 2 heterocycles. The minimum atomic E-state index is 0.106. The van der Waals surface area contributed by atoms with Gasteiger partial charge in [0.25, 0.3) is 0 Å². The zero-order valence-corrected chi connectivity index (χ0v) is 15.9. The van der Waals surface area contributed by atoms with Gasteiger partial charge in [-0.15, -0.1) is 21.5 Å². The molecule has 1 amide bonds. The van der Waals surface area contributed by atoms with Gasteiger partial charge in [-0.3, -0.25) is 4.79 Å². The van der Waals surface area contributed by atoms with Crippen molar-refractivity contribution in [3.63, 3.8) is 0 Å². The Bertz CT molecular complexity index is 623. The quantitative estimate of drug-likeness (QED) is 0.680. The van der Waals surface area contributed by atoms with Gasteiger partial charge in [0.2, 0.25) is 11.0 Å². The summed E-state index contributed by atoms with van der Waals surface area (Å²) in [7, 11) is 0. The molecule has 0 radical (unpaired) electrons. The fourth-order valence-corrected chi connectivity index (χ4v) is 5.03. The first kappa shape index (κ1) is 17.7. The highest BCUT2D eigenvalue weighted by molar-refractivity contribution is 8.01. The van der Waals surface area contributed by atoms with E-state index >= 15 is 0 Å². The van der Waals surface area contributed by atoms with Crippen LogP contribution >= 0.6 is 34.4 Å². The first-order chi connectivity index (χ1) is 11.8. The number of nitrogens with zero attached hydrogens (tertiary/aromatic N) is 2. The van der Waals surface area contributed by atoms with E-state index in [4.69, 9.17) is 0 Å². The van der Waals surface area contributed by atoms with Crippen molar-refractivity contribution in [2.45, 2.75) is 48.9 Å². The van der Waals surface area contributed by atoms with Crippen LogP contribution in [0.2, 0.25) is 0 Å². The number of hydrogen-bond donors (Lipinski definition) is 2. The highest BCUT2D eigenvalue weighted by atomic mass is 32.2. The van der Waals surface area contributed by atoms with E-state index in [9.17, 15) is 4.79 Å². The number of thiophene rings is 1. The van der Waals surface area contributed by atoms with Crippen LogP contribution in [0.25, 0.3) is 0 Å². The van der Waals surface area contributed by atoms with Gasteiger partial charge in [-0.1, -0.05) is 48.4 Å². The van der Waals surface area contributed by atoms with Crippen LogP contribution in [0.5, 0.6) is 0 Å². The van der Waals surface area contributed by atoms with Crippen LogP contribution in [0.3, 0.4) is 0 Å². The summed E-state index contributed by atoms with van der Waals surface area (Å²) in [6.45, 7) is 0.849. The molecule has 0 aliphatic heterocycles. The Morgan fingerprint density at radius 1 is 1.29 bits per heavy atom. The first-order valence-corrected chi connectivity index (χ1v) is 11.0. The summed E-state index contributed by atoms with van der Waals surface area (Å²) < 4.78 is 0.840. The van der Waals surface area contributed by atoms with Gasteiger partial charge in [-0.25, -0.2) is 0 Å². The number of carbonyl (C=O) groups excluding carboxylic acids is 1. The molecule has 24 heavy (non-hydrogen) atoms. The highest BCUT2D eigenvalue weighted by Crippen LogP contribution is 2.25. The molecule has 1 saturated carbocycles. The minimum Gasteiger partial charge on any atom is -0.360 e. The number of carbonyl (C=O) groups is 1. The van der Waals surface area contributed by atoms with E-state index in [1.54, 1.807) is 11.3 Å². The second kappa shape index (κ2) is 9.39. The van der Waals surface area contributed by atoms with Gasteiger partial charge in [-0.2, -0.15) is 0 Å². The van der Waals surface area contributed by atoms with Crippen LogP contribution in [0.4, 0.5) is 5.13 Å². The maximum atomic E-state index is 12.0. The van der Waals surface area contributed by atoms with Crippen molar-refractivity contribution in [3.05, 3.63) is 22.4 Å².